The van der Waals surface area contributed by atoms with Crippen molar-refractivity contribution in [2.45, 2.75) is 27.0 Å². The molecule has 0 bridgehead atoms. The minimum atomic E-state index is -0.448. The molecule has 1 heterocycles. The van der Waals surface area contributed by atoms with Gasteiger partial charge in [0.1, 0.15) is 6.61 Å². The Balaban J connectivity index is 1.52. The number of thioether (sulfide) groups is 1. The van der Waals surface area contributed by atoms with Crippen LogP contribution in [0, 0.1) is 20.6 Å². The van der Waals surface area contributed by atoms with Crippen molar-refractivity contribution in [1.29, 1.82) is 0 Å². The molecule has 1 aliphatic rings. The number of hydrogen-bond donors (Lipinski definition) is 0. The van der Waals surface area contributed by atoms with Gasteiger partial charge in [-0.15, -0.1) is 0 Å². The number of imide groups is 1. The Kier molecular flexibility index (Phi) is 8.49. The Bertz CT molecular complexity index is 1370. The number of benzene rings is 3. The summed E-state index contributed by atoms with van der Waals surface area (Å²) in [6, 6.07) is 17.5. The Hall–Kier alpha value is -3.38. The Morgan fingerprint density at radius 2 is 1.70 bits per heavy atom. The van der Waals surface area contributed by atoms with Crippen molar-refractivity contribution in [2.75, 3.05) is 6.61 Å². The van der Waals surface area contributed by atoms with E-state index in [-0.39, 0.29) is 30.0 Å². The molecule has 10 heteroatoms. The zero-order valence-corrected chi connectivity index (χ0v) is 23.1. The number of nitrogens with zero attached hydrogens (tertiary/aromatic N) is 2. The van der Waals surface area contributed by atoms with E-state index in [0.717, 1.165) is 32.0 Å². The molecule has 190 valence electrons. The van der Waals surface area contributed by atoms with Crippen LogP contribution in [0.5, 0.6) is 11.5 Å². The number of nitro groups is 1. The molecule has 0 saturated carbocycles. The quantitative estimate of drug-likeness (QED) is 0.112. The van der Waals surface area contributed by atoms with Crippen molar-refractivity contribution in [2.24, 2.45) is 0 Å². The van der Waals surface area contributed by atoms with E-state index in [1.165, 1.54) is 17.0 Å². The van der Waals surface area contributed by atoms with Crippen molar-refractivity contribution in [3.63, 3.8) is 0 Å². The molecule has 4 rings (SSSR count). The molecule has 0 radical (unpaired) electrons. The van der Waals surface area contributed by atoms with Crippen molar-refractivity contribution >= 4 is 57.3 Å². The summed E-state index contributed by atoms with van der Waals surface area (Å²) in [5, 5.41) is 10.6. The van der Waals surface area contributed by atoms with E-state index in [1.54, 1.807) is 24.3 Å². The third-order valence-corrected chi connectivity index (χ3v) is 7.20. The highest BCUT2D eigenvalue weighted by molar-refractivity contribution is 14.1. The first-order valence-corrected chi connectivity index (χ1v) is 13.3. The summed E-state index contributed by atoms with van der Waals surface area (Å²) in [6.45, 7) is 4.66. The van der Waals surface area contributed by atoms with Crippen molar-refractivity contribution < 1.29 is 24.0 Å². The third-order valence-electron chi connectivity index (χ3n) is 5.49. The molecule has 0 spiro atoms. The zero-order chi connectivity index (χ0) is 26.5. The maximum Gasteiger partial charge on any atom is 0.293 e. The minimum absolute atomic E-state index is 0.0148. The van der Waals surface area contributed by atoms with Crippen molar-refractivity contribution in [1.82, 2.24) is 4.90 Å². The second kappa shape index (κ2) is 11.8. The molecule has 8 nitrogen and oxygen atoms in total. The highest BCUT2D eigenvalue weighted by Crippen LogP contribution is 2.38. The Morgan fingerprint density at radius 3 is 2.35 bits per heavy atom. The van der Waals surface area contributed by atoms with E-state index < -0.39 is 4.92 Å². The first-order chi connectivity index (χ1) is 17.7. The minimum Gasteiger partial charge on any atom is -0.490 e. The number of nitro benzene ring substituents is 1. The van der Waals surface area contributed by atoms with Crippen LogP contribution >= 0.6 is 34.4 Å². The van der Waals surface area contributed by atoms with Gasteiger partial charge in [0.15, 0.2) is 11.5 Å². The van der Waals surface area contributed by atoms with E-state index in [0.29, 0.717) is 28.6 Å². The fourth-order valence-electron chi connectivity index (χ4n) is 3.61. The average molecular weight is 630 g/mol. The van der Waals surface area contributed by atoms with Gasteiger partial charge in [-0.05, 0) is 95.2 Å². The molecule has 2 amide bonds. The molecule has 3 aromatic rings. The van der Waals surface area contributed by atoms with Crippen LogP contribution in [0.1, 0.15) is 29.2 Å². The summed E-state index contributed by atoms with van der Waals surface area (Å²) >= 11 is 3.05. The molecule has 0 aromatic heterocycles. The molecule has 1 saturated heterocycles. The van der Waals surface area contributed by atoms with Gasteiger partial charge in [-0.2, -0.15) is 0 Å². The zero-order valence-electron chi connectivity index (χ0n) is 20.1. The van der Waals surface area contributed by atoms with Crippen LogP contribution in [0.25, 0.3) is 6.08 Å². The predicted octanol–water partition coefficient (Wildman–Crippen LogP) is 6.72. The second-order valence-electron chi connectivity index (χ2n) is 8.23. The van der Waals surface area contributed by atoms with E-state index >= 15 is 0 Å². The number of non-ortho nitro benzene ring substituents is 1. The van der Waals surface area contributed by atoms with E-state index in [9.17, 15) is 19.7 Å². The number of carbonyl (C=O) groups is 2. The van der Waals surface area contributed by atoms with Gasteiger partial charge in [-0.3, -0.25) is 24.6 Å². The van der Waals surface area contributed by atoms with E-state index in [1.807, 2.05) is 44.2 Å². The highest BCUT2D eigenvalue weighted by Gasteiger charge is 2.35. The van der Waals surface area contributed by atoms with Crippen LogP contribution in [0.2, 0.25) is 0 Å². The first kappa shape index (κ1) is 26.7. The lowest BCUT2D eigenvalue weighted by atomic mass is 10.1. The largest absolute Gasteiger partial charge is 0.490 e. The van der Waals surface area contributed by atoms with Gasteiger partial charge in [-0.1, -0.05) is 29.8 Å². The number of halogens is 1. The Labute approximate surface area is 231 Å². The summed E-state index contributed by atoms with van der Waals surface area (Å²) in [5.74, 6) is 0.703. The second-order valence-corrected chi connectivity index (χ2v) is 10.4. The molecule has 0 N–H and O–H groups in total. The number of hydrogen-bond acceptors (Lipinski definition) is 7. The lowest BCUT2D eigenvalue weighted by Crippen LogP contribution is -2.27. The number of amides is 2. The first-order valence-electron chi connectivity index (χ1n) is 11.4. The topological polar surface area (TPSA) is 99.0 Å². The molecule has 3 aromatic carbocycles. The number of aryl methyl sites for hydroxylation is 1. The van der Waals surface area contributed by atoms with Gasteiger partial charge in [0.2, 0.25) is 0 Å². The van der Waals surface area contributed by atoms with Crippen LogP contribution in [-0.2, 0) is 17.9 Å². The van der Waals surface area contributed by atoms with Crippen LogP contribution in [0.3, 0.4) is 0 Å². The maximum atomic E-state index is 13.0. The van der Waals surface area contributed by atoms with Gasteiger partial charge in [-0.25, -0.2) is 0 Å². The summed E-state index contributed by atoms with van der Waals surface area (Å²) in [5.41, 5.74) is 3.49. The molecule has 0 aliphatic carbocycles. The van der Waals surface area contributed by atoms with Crippen molar-refractivity contribution in [3.05, 3.63) is 102 Å². The van der Waals surface area contributed by atoms with E-state index in [2.05, 4.69) is 22.6 Å². The van der Waals surface area contributed by atoms with Gasteiger partial charge >= 0.3 is 0 Å². The third kappa shape index (κ3) is 6.50. The summed E-state index contributed by atoms with van der Waals surface area (Å²) in [7, 11) is 0. The van der Waals surface area contributed by atoms with Crippen LogP contribution in [-0.4, -0.2) is 27.6 Å². The standard InChI is InChI=1S/C27H23IN2O6S/c1-3-35-23-13-20(12-22(28)25(23)36-16-19-8-10-21(11-9-19)30(33)34)14-24-26(31)29(27(32)37-24)15-18-6-4-17(2)5-7-18/h4-14H,3,15-16H2,1-2H3/b24-14+. The van der Waals surface area contributed by atoms with Crippen molar-refractivity contribution in [3.8, 4) is 11.5 Å². The molecule has 1 aliphatic heterocycles. The smallest absolute Gasteiger partial charge is 0.293 e. The monoisotopic (exact) mass is 630 g/mol. The van der Waals surface area contributed by atoms with Gasteiger partial charge in [0.05, 0.1) is 26.6 Å². The van der Waals surface area contributed by atoms with Gasteiger partial charge in [0.25, 0.3) is 16.8 Å². The molecule has 0 atom stereocenters. The summed E-state index contributed by atoms with van der Waals surface area (Å²) in [6.07, 6.45) is 1.69. The van der Waals surface area contributed by atoms with Gasteiger partial charge < -0.3 is 9.47 Å². The average Bonchev–Trinajstić information content (AvgIpc) is 3.12. The van der Waals surface area contributed by atoms with Crippen LogP contribution in [0.15, 0.2) is 65.6 Å². The molecule has 1 fully saturated rings. The summed E-state index contributed by atoms with van der Waals surface area (Å²) < 4.78 is 12.6. The SMILES string of the molecule is CCOc1cc(/C=C2/SC(=O)N(Cc3ccc(C)cc3)C2=O)cc(I)c1OCc1ccc([N+](=O)[O-])cc1. The van der Waals surface area contributed by atoms with Gasteiger partial charge in [0, 0.05) is 12.1 Å². The Morgan fingerprint density at radius 1 is 1.03 bits per heavy atom. The molecule has 0 unspecified atom stereocenters. The predicted molar refractivity (Wildman–Crippen MR) is 150 cm³/mol. The number of carbonyl (C=O) groups excluding carboxylic acids is 2. The lowest BCUT2D eigenvalue weighted by molar-refractivity contribution is -0.384. The number of rotatable bonds is 9. The lowest BCUT2D eigenvalue weighted by Gasteiger charge is -2.15. The fraction of sp³-hybridized carbons (Fsp3) is 0.185. The van der Waals surface area contributed by atoms with Crippen LogP contribution < -0.4 is 9.47 Å². The normalized spacial score (nSPS) is 14.4. The summed E-state index contributed by atoms with van der Waals surface area (Å²) in [4.78, 5) is 37.6. The highest BCUT2D eigenvalue weighted by atomic mass is 127. The molecule has 37 heavy (non-hydrogen) atoms. The van der Waals surface area contributed by atoms with E-state index in [4.69, 9.17) is 9.47 Å². The number of ether oxygens (including phenoxy) is 2. The molecular weight excluding hydrogens is 607 g/mol. The maximum absolute atomic E-state index is 13.0. The molecular formula is C27H23IN2O6S. The van der Waals surface area contributed by atoms with Crippen LogP contribution in [0.4, 0.5) is 10.5 Å². The fourth-order valence-corrected chi connectivity index (χ4v) is 5.23.